The number of rotatable bonds is 6. The summed E-state index contributed by atoms with van der Waals surface area (Å²) in [5, 5.41) is 12.3. The number of hydrogen-bond acceptors (Lipinski definition) is 6. The van der Waals surface area contributed by atoms with Crippen molar-refractivity contribution in [3.63, 3.8) is 0 Å². The molecule has 0 amide bonds. The summed E-state index contributed by atoms with van der Waals surface area (Å²) in [4.78, 5) is 12.7. The van der Waals surface area contributed by atoms with Gasteiger partial charge in [-0.25, -0.2) is 4.79 Å². The van der Waals surface area contributed by atoms with E-state index in [-0.39, 0.29) is 22.5 Å². The molecular weight excluding hydrogens is 400 g/mol. The summed E-state index contributed by atoms with van der Waals surface area (Å²) in [5.41, 5.74) is 0.983. The maximum Gasteiger partial charge on any atom is 0.342 e. The van der Waals surface area contributed by atoms with Gasteiger partial charge in [0.1, 0.15) is 17.4 Å². The summed E-state index contributed by atoms with van der Waals surface area (Å²) >= 11 is 0. The molecule has 0 bridgehead atoms. The van der Waals surface area contributed by atoms with Gasteiger partial charge in [0.25, 0.3) is 0 Å². The van der Waals surface area contributed by atoms with Crippen LogP contribution in [-0.2, 0) is 15.6 Å². The summed E-state index contributed by atoms with van der Waals surface area (Å²) in [7, 11) is 1.19. The van der Waals surface area contributed by atoms with E-state index < -0.39 is 14.3 Å². The Labute approximate surface area is 179 Å². The zero-order valence-corrected chi connectivity index (χ0v) is 19.9. The van der Waals surface area contributed by atoms with Crippen LogP contribution in [0.3, 0.4) is 0 Å². The van der Waals surface area contributed by atoms with E-state index >= 15 is 0 Å². The molecule has 7 heteroatoms. The standard InChI is InChI=1S/C23H32O6Si/c1-23(2,3)30(6,7)28-11-10-16-13-15-12-14-8-9-17(26-4)21(27-5)18(14)20(24)19(15)22(25)29-16/h8-9,12,16,24H,10-11,13H2,1-7H3/t16-/m1/s1. The van der Waals surface area contributed by atoms with Crippen LogP contribution in [0.4, 0.5) is 0 Å². The quantitative estimate of drug-likeness (QED) is 0.508. The summed E-state index contributed by atoms with van der Waals surface area (Å²) in [5.74, 6) is 0.246. The van der Waals surface area contributed by atoms with E-state index in [1.165, 1.54) is 14.2 Å². The summed E-state index contributed by atoms with van der Waals surface area (Å²) in [6.07, 6.45) is 0.897. The van der Waals surface area contributed by atoms with Gasteiger partial charge in [0.15, 0.2) is 19.8 Å². The lowest BCUT2D eigenvalue weighted by Crippen LogP contribution is -2.41. The van der Waals surface area contributed by atoms with E-state index in [4.69, 9.17) is 18.6 Å². The van der Waals surface area contributed by atoms with Gasteiger partial charge in [-0.15, -0.1) is 0 Å². The number of ether oxygens (including phenoxy) is 3. The molecule has 0 radical (unpaired) electrons. The Hall–Kier alpha value is -2.25. The van der Waals surface area contributed by atoms with Crippen molar-refractivity contribution >= 4 is 25.1 Å². The highest BCUT2D eigenvalue weighted by Crippen LogP contribution is 2.44. The second-order valence-electron chi connectivity index (χ2n) is 9.29. The molecule has 0 fully saturated rings. The van der Waals surface area contributed by atoms with E-state index in [0.29, 0.717) is 36.3 Å². The van der Waals surface area contributed by atoms with Gasteiger partial charge < -0.3 is 23.7 Å². The number of phenols is 1. The number of carbonyl (C=O) groups is 1. The fraction of sp³-hybridized carbons (Fsp3) is 0.522. The number of hydrogen-bond donors (Lipinski definition) is 1. The van der Waals surface area contributed by atoms with Crippen LogP contribution in [0.5, 0.6) is 17.2 Å². The van der Waals surface area contributed by atoms with E-state index in [2.05, 4.69) is 33.9 Å². The number of cyclic esters (lactones) is 1. The predicted molar refractivity (Wildman–Crippen MR) is 119 cm³/mol. The monoisotopic (exact) mass is 432 g/mol. The zero-order valence-electron chi connectivity index (χ0n) is 18.9. The van der Waals surface area contributed by atoms with Crippen molar-refractivity contribution in [3.05, 3.63) is 29.3 Å². The average molecular weight is 433 g/mol. The smallest absolute Gasteiger partial charge is 0.342 e. The fourth-order valence-electron chi connectivity index (χ4n) is 3.55. The Morgan fingerprint density at radius 2 is 1.90 bits per heavy atom. The topological polar surface area (TPSA) is 74.2 Å². The Balaban J connectivity index is 1.86. The minimum Gasteiger partial charge on any atom is -0.506 e. The fourth-order valence-corrected chi connectivity index (χ4v) is 4.61. The van der Waals surface area contributed by atoms with Crippen LogP contribution in [0.2, 0.25) is 18.1 Å². The van der Waals surface area contributed by atoms with Crippen LogP contribution in [0.1, 0.15) is 43.1 Å². The zero-order chi connectivity index (χ0) is 22.3. The lowest BCUT2D eigenvalue weighted by atomic mass is 9.92. The van der Waals surface area contributed by atoms with Crippen molar-refractivity contribution in [2.45, 2.75) is 57.8 Å². The number of esters is 1. The van der Waals surface area contributed by atoms with E-state index in [1.54, 1.807) is 6.07 Å². The third kappa shape index (κ3) is 4.00. The second-order valence-corrected chi connectivity index (χ2v) is 14.1. The van der Waals surface area contributed by atoms with Crippen LogP contribution >= 0.6 is 0 Å². The molecule has 0 unspecified atom stereocenters. The maximum absolute atomic E-state index is 12.7. The molecule has 2 aromatic carbocycles. The molecule has 1 N–H and O–H groups in total. The molecule has 30 heavy (non-hydrogen) atoms. The van der Waals surface area contributed by atoms with Crippen molar-refractivity contribution in [2.75, 3.05) is 20.8 Å². The van der Waals surface area contributed by atoms with Gasteiger partial charge in [0.05, 0.1) is 19.6 Å². The predicted octanol–water partition coefficient (Wildman–Crippen LogP) is 5.06. The van der Waals surface area contributed by atoms with Crippen molar-refractivity contribution < 1.29 is 28.5 Å². The van der Waals surface area contributed by atoms with Gasteiger partial charge in [-0.1, -0.05) is 26.8 Å². The minimum absolute atomic E-state index is 0.126. The second kappa shape index (κ2) is 8.11. The highest BCUT2D eigenvalue weighted by atomic mass is 28.4. The number of aromatic hydroxyl groups is 1. The summed E-state index contributed by atoms with van der Waals surface area (Å²) < 4.78 is 22.6. The third-order valence-corrected chi connectivity index (χ3v) is 10.9. The van der Waals surface area contributed by atoms with Gasteiger partial charge in [0, 0.05) is 19.4 Å². The van der Waals surface area contributed by atoms with Crippen LogP contribution in [0.15, 0.2) is 18.2 Å². The third-order valence-electron chi connectivity index (χ3n) is 6.34. The molecule has 0 saturated heterocycles. The van der Waals surface area contributed by atoms with Crippen LogP contribution in [-0.4, -0.2) is 46.3 Å². The molecule has 6 nitrogen and oxygen atoms in total. The van der Waals surface area contributed by atoms with Gasteiger partial charge in [0.2, 0.25) is 0 Å². The summed E-state index contributed by atoms with van der Waals surface area (Å²) in [6.45, 7) is 11.6. The number of carbonyl (C=O) groups excluding carboxylic acids is 1. The molecule has 0 aliphatic carbocycles. The number of phenolic OH excluding ortho intramolecular Hbond substituents is 1. The summed E-state index contributed by atoms with van der Waals surface area (Å²) in [6, 6.07) is 5.57. The van der Waals surface area contributed by atoms with Gasteiger partial charge >= 0.3 is 5.97 Å². The normalized spacial score (nSPS) is 16.9. The Morgan fingerprint density at radius 3 is 2.50 bits per heavy atom. The lowest BCUT2D eigenvalue weighted by Gasteiger charge is -2.36. The molecule has 3 rings (SSSR count). The van der Waals surface area contributed by atoms with E-state index in [9.17, 15) is 9.90 Å². The van der Waals surface area contributed by atoms with Crippen molar-refractivity contribution in [3.8, 4) is 17.2 Å². The molecule has 0 aromatic heterocycles. The average Bonchev–Trinajstić information content (AvgIpc) is 2.65. The molecule has 0 saturated carbocycles. The van der Waals surface area contributed by atoms with Crippen molar-refractivity contribution in [1.82, 2.24) is 0 Å². The molecule has 1 aliphatic heterocycles. The maximum atomic E-state index is 12.7. The van der Waals surface area contributed by atoms with Crippen LogP contribution in [0, 0.1) is 0 Å². The largest absolute Gasteiger partial charge is 0.506 e. The Bertz CT molecular complexity index is 961. The van der Waals surface area contributed by atoms with Gasteiger partial charge in [-0.3, -0.25) is 0 Å². The highest BCUT2D eigenvalue weighted by Gasteiger charge is 2.38. The van der Waals surface area contributed by atoms with E-state index in [0.717, 1.165) is 10.9 Å². The van der Waals surface area contributed by atoms with Crippen molar-refractivity contribution in [1.29, 1.82) is 0 Å². The van der Waals surface area contributed by atoms with Gasteiger partial charge in [-0.2, -0.15) is 0 Å². The molecular formula is C23H32O6Si. The Morgan fingerprint density at radius 1 is 1.20 bits per heavy atom. The Kier molecular flexibility index (Phi) is 6.07. The molecule has 2 aromatic rings. The lowest BCUT2D eigenvalue weighted by molar-refractivity contribution is 0.0199. The number of fused-ring (bicyclic) bond motifs is 2. The van der Waals surface area contributed by atoms with Crippen LogP contribution < -0.4 is 9.47 Å². The SMILES string of the molecule is COc1ccc2cc3c(c(O)c2c1OC)C(=O)O[C@H](CCO[Si](C)(C)C(C)(C)C)C3. The number of benzene rings is 2. The molecule has 1 heterocycles. The van der Waals surface area contributed by atoms with Crippen LogP contribution in [0.25, 0.3) is 10.8 Å². The first-order valence-corrected chi connectivity index (χ1v) is 13.2. The molecule has 0 spiro atoms. The first kappa shape index (κ1) is 22.4. The molecule has 164 valence electrons. The number of methoxy groups -OCH3 is 2. The first-order chi connectivity index (χ1) is 14.0. The molecule has 1 aliphatic rings. The minimum atomic E-state index is -1.85. The highest BCUT2D eigenvalue weighted by molar-refractivity contribution is 6.74. The van der Waals surface area contributed by atoms with Gasteiger partial charge in [-0.05, 0) is 41.2 Å². The molecule has 1 atom stereocenters. The van der Waals surface area contributed by atoms with E-state index in [1.807, 2.05) is 12.1 Å². The first-order valence-electron chi connectivity index (χ1n) is 10.2. The van der Waals surface area contributed by atoms with Crippen molar-refractivity contribution in [2.24, 2.45) is 0 Å².